The minimum absolute atomic E-state index is 0.175. The molecule has 0 bridgehead atoms. The molecule has 0 aliphatic heterocycles. The van der Waals surface area contributed by atoms with Gasteiger partial charge in [0.1, 0.15) is 5.76 Å². The van der Waals surface area contributed by atoms with Gasteiger partial charge in [0.25, 0.3) is 5.69 Å². The largest absolute Gasteiger partial charge is 0.467 e. The lowest BCUT2D eigenvalue weighted by atomic mass is 10.1. The van der Waals surface area contributed by atoms with Crippen LogP contribution >= 0.6 is 0 Å². The summed E-state index contributed by atoms with van der Waals surface area (Å²) in [5.74, 6) is 0.0412. The maximum absolute atomic E-state index is 13.8. The molecular formula is C13H13FN2O3. The quantitative estimate of drug-likeness (QED) is 0.657. The van der Waals surface area contributed by atoms with Gasteiger partial charge in [-0.2, -0.15) is 0 Å². The molecule has 1 aromatic carbocycles. The van der Waals surface area contributed by atoms with Crippen molar-refractivity contribution in [3.63, 3.8) is 0 Å². The minimum Gasteiger partial charge on any atom is -0.467 e. The molecule has 5 nitrogen and oxygen atoms in total. The van der Waals surface area contributed by atoms with Crippen molar-refractivity contribution in [3.8, 4) is 0 Å². The van der Waals surface area contributed by atoms with Crippen LogP contribution < -0.4 is 5.32 Å². The average molecular weight is 264 g/mol. The van der Waals surface area contributed by atoms with Gasteiger partial charge in [0.2, 0.25) is 0 Å². The molecule has 1 N–H and O–H groups in total. The van der Waals surface area contributed by atoms with Crippen LogP contribution in [0.4, 0.5) is 15.8 Å². The number of non-ortho nitro benzene ring substituents is 1. The lowest BCUT2D eigenvalue weighted by Gasteiger charge is -2.16. The molecule has 0 radical (unpaired) electrons. The topological polar surface area (TPSA) is 68.3 Å². The summed E-state index contributed by atoms with van der Waals surface area (Å²) in [5, 5.41) is 13.5. The lowest BCUT2D eigenvalue weighted by molar-refractivity contribution is -0.385. The van der Waals surface area contributed by atoms with Crippen LogP contribution in [-0.2, 0) is 0 Å². The molecule has 0 spiro atoms. The zero-order valence-corrected chi connectivity index (χ0v) is 10.3. The van der Waals surface area contributed by atoms with E-state index < -0.39 is 10.7 Å². The van der Waals surface area contributed by atoms with Crippen molar-refractivity contribution in [3.05, 3.63) is 58.3 Å². The Kier molecular flexibility index (Phi) is 3.79. The number of hydrogen-bond acceptors (Lipinski definition) is 4. The molecule has 0 saturated carbocycles. The molecule has 1 aromatic heterocycles. The number of furan rings is 1. The van der Waals surface area contributed by atoms with E-state index in [1.807, 2.05) is 6.92 Å². The molecule has 6 heteroatoms. The second-order valence-electron chi connectivity index (χ2n) is 4.04. The lowest BCUT2D eigenvalue weighted by Crippen LogP contribution is -2.10. The molecule has 1 unspecified atom stereocenters. The van der Waals surface area contributed by atoms with E-state index in [4.69, 9.17) is 4.42 Å². The van der Waals surface area contributed by atoms with Gasteiger partial charge in [-0.05, 0) is 24.6 Å². The fraction of sp³-hybridized carbons (Fsp3) is 0.231. The Labute approximate surface area is 109 Å². The van der Waals surface area contributed by atoms with Gasteiger partial charge < -0.3 is 9.73 Å². The highest BCUT2D eigenvalue weighted by atomic mass is 19.1. The van der Waals surface area contributed by atoms with Gasteiger partial charge in [-0.15, -0.1) is 0 Å². The van der Waals surface area contributed by atoms with Crippen molar-refractivity contribution in [1.82, 2.24) is 0 Å². The summed E-state index contributed by atoms with van der Waals surface area (Å²) in [5.41, 5.74) is -0.0528. The van der Waals surface area contributed by atoms with E-state index >= 15 is 0 Å². The zero-order valence-electron chi connectivity index (χ0n) is 10.3. The number of hydrogen-bond donors (Lipinski definition) is 1. The second kappa shape index (κ2) is 5.51. The second-order valence-corrected chi connectivity index (χ2v) is 4.04. The third-order valence-corrected chi connectivity index (χ3v) is 2.79. The van der Waals surface area contributed by atoms with E-state index in [2.05, 4.69) is 5.32 Å². The molecule has 19 heavy (non-hydrogen) atoms. The van der Waals surface area contributed by atoms with E-state index in [9.17, 15) is 14.5 Å². The molecule has 100 valence electrons. The van der Waals surface area contributed by atoms with E-state index in [1.165, 1.54) is 12.1 Å². The van der Waals surface area contributed by atoms with Crippen molar-refractivity contribution >= 4 is 11.4 Å². The minimum atomic E-state index is -0.654. The standard InChI is InChI=1S/C13H13FN2O3/c1-2-11(13-4-3-7-19-13)15-12-6-5-9(16(17)18)8-10(12)14/h3-8,11,15H,2H2,1H3. The molecule has 0 fully saturated rings. The van der Waals surface area contributed by atoms with Gasteiger partial charge in [-0.3, -0.25) is 10.1 Å². The van der Waals surface area contributed by atoms with E-state index in [-0.39, 0.29) is 17.4 Å². The zero-order chi connectivity index (χ0) is 13.8. The van der Waals surface area contributed by atoms with Gasteiger partial charge in [0.15, 0.2) is 5.82 Å². The highest BCUT2D eigenvalue weighted by Gasteiger charge is 2.16. The first-order chi connectivity index (χ1) is 9.11. The Morgan fingerprint density at radius 1 is 1.47 bits per heavy atom. The van der Waals surface area contributed by atoms with Crippen LogP contribution in [-0.4, -0.2) is 4.92 Å². The van der Waals surface area contributed by atoms with Gasteiger partial charge >= 0.3 is 0 Å². The summed E-state index contributed by atoms with van der Waals surface area (Å²) in [6, 6.07) is 6.90. The smallest absolute Gasteiger partial charge is 0.272 e. The van der Waals surface area contributed by atoms with Crippen molar-refractivity contribution in [2.24, 2.45) is 0 Å². The molecule has 0 aliphatic carbocycles. The first kappa shape index (κ1) is 13.1. The molecule has 0 amide bonds. The number of nitrogens with zero attached hydrogens (tertiary/aromatic N) is 1. The summed E-state index contributed by atoms with van der Waals surface area (Å²) in [6.07, 6.45) is 2.25. The maximum Gasteiger partial charge on any atom is 0.272 e. The Morgan fingerprint density at radius 2 is 2.26 bits per heavy atom. The first-order valence-corrected chi connectivity index (χ1v) is 5.85. The van der Waals surface area contributed by atoms with Crippen LogP contribution in [0.15, 0.2) is 41.0 Å². The van der Waals surface area contributed by atoms with E-state index in [0.29, 0.717) is 12.2 Å². The molecule has 2 aromatic rings. The first-order valence-electron chi connectivity index (χ1n) is 5.85. The van der Waals surface area contributed by atoms with Crippen LogP contribution in [0.1, 0.15) is 25.1 Å². The van der Waals surface area contributed by atoms with Crippen molar-refractivity contribution < 1.29 is 13.7 Å². The molecular weight excluding hydrogens is 251 g/mol. The highest BCUT2D eigenvalue weighted by Crippen LogP contribution is 2.26. The van der Waals surface area contributed by atoms with Crippen LogP contribution in [0, 0.1) is 15.9 Å². The summed E-state index contributed by atoms with van der Waals surface area (Å²) < 4.78 is 19.0. The van der Waals surface area contributed by atoms with Crippen LogP contribution in [0.2, 0.25) is 0 Å². The highest BCUT2D eigenvalue weighted by molar-refractivity contribution is 5.51. The van der Waals surface area contributed by atoms with Gasteiger partial charge in [-0.1, -0.05) is 6.92 Å². The average Bonchev–Trinajstić information content (AvgIpc) is 2.91. The normalized spacial score (nSPS) is 12.1. The summed E-state index contributed by atoms with van der Waals surface area (Å²) in [7, 11) is 0. The molecule has 1 atom stereocenters. The fourth-order valence-corrected chi connectivity index (χ4v) is 1.79. The van der Waals surface area contributed by atoms with Crippen molar-refractivity contribution in [2.75, 3.05) is 5.32 Å². The third-order valence-electron chi connectivity index (χ3n) is 2.79. The predicted octanol–water partition coefficient (Wildman–Crippen LogP) is 3.89. The van der Waals surface area contributed by atoms with Crippen molar-refractivity contribution in [1.29, 1.82) is 0 Å². The summed E-state index contributed by atoms with van der Waals surface area (Å²) in [6.45, 7) is 1.93. The number of nitrogens with one attached hydrogen (secondary N) is 1. The molecule has 0 saturated heterocycles. The summed E-state index contributed by atoms with van der Waals surface area (Å²) >= 11 is 0. The monoisotopic (exact) mass is 264 g/mol. The third kappa shape index (κ3) is 2.90. The number of benzene rings is 1. The number of rotatable bonds is 5. The molecule has 0 aliphatic rings. The number of nitro benzene ring substituents is 1. The predicted molar refractivity (Wildman–Crippen MR) is 68.4 cm³/mol. The number of nitro groups is 1. The van der Waals surface area contributed by atoms with Crippen LogP contribution in [0.25, 0.3) is 0 Å². The Balaban J connectivity index is 2.21. The number of halogens is 1. The van der Waals surface area contributed by atoms with Crippen LogP contribution in [0.3, 0.4) is 0 Å². The Morgan fingerprint density at radius 3 is 2.79 bits per heavy atom. The van der Waals surface area contributed by atoms with Crippen LogP contribution in [0.5, 0.6) is 0 Å². The fourth-order valence-electron chi connectivity index (χ4n) is 1.79. The summed E-state index contributed by atoms with van der Waals surface area (Å²) in [4.78, 5) is 9.90. The maximum atomic E-state index is 13.8. The van der Waals surface area contributed by atoms with Gasteiger partial charge in [0, 0.05) is 6.07 Å². The Bertz CT molecular complexity index is 569. The van der Waals surface area contributed by atoms with Gasteiger partial charge in [0.05, 0.1) is 29.0 Å². The SMILES string of the molecule is CCC(Nc1ccc([N+](=O)[O-])cc1F)c1ccco1. The number of anilines is 1. The molecule has 1 heterocycles. The Hall–Kier alpha value is -2.37. The van der Waals surface area contributed by atoms with E-state index in [1.54, 1.807) is 18.4 Å². The van der Waals surface area contributed by atoms with E-state index in [0.717, 1.165) is 6.07 Å². The molecule has 2 rings (SSSR count). The van der Waals surface area contributed by atoms with Crippen molar-refractivity contribution in [2.45, 2.75) is 19.4 Å². The van der Waals surface area contributed by atoms with Gasteiger partial charge in [-0.25, -0.2) is 4.39 Å².